The summed E-state index contributed by atoms with van der Waals surface area (Å²) in [5.74, 6) is -2.00. The number of carboxylic acid groups (broad SMARTS) is 1. The molecule has 1 aliphatic heterocycles. The number of carbonyl (C=O) groups is 5. The fourth-order valence-corrected chi connectivity index (χ4v) is 4.37. The number of aliphatic carboxylic acids is 1. The average molecular weight is 552 g/mol. The van der Waals surface area contributed by atoms with Gasteiger partial charge >= 0.3 is 17.9 Å². The van der Waals surface area contributed by atoms with E-state index in [1.807, 2.05) is 6.08 Å². The number of anilines is 1. The Balaban J connectivity index is 1.72. The molecule has 0 fully saturated rings. The maximum atomic E-state index is 12.9. The first-order valence-electron chi connectivity index (χ1n) is 12.9. The largest absolute Gasteiger partial charge is 0.496 e. The summed E-state index contributed by atoms with van der Waals surface area (Å²) in [5.41, 5.74) is 3.82. The maximum Gasteiger partial charge on any atom is 0.342 e. The Bertz CT molecular complexity index is 1360. The van der Waals surface area contributed by atoms with Gasteiger partial charge in [0.05, 0.1) is 7.11 Å². The summed E-state index contributed by atoms with van der Waals surface area (Å²) in [7, 11) is 1.48. The van der Waals surface area contributed by atoms with Crippen molar-refractivity contribution >= 4 is 35.3 Å². The molecule has 1 amide bonds. The predicted octanol–water partition coefficient (Wildman–Crippen LogP) is 4.94. The summed E-state index contributed by atoms with van der Waals surface area (Å²) < 4.78 is 16.6. The third-order valence-corrected chi connectivity index (χ3v) is 6.59. The molecule has 0 unspecified atom stereocenters. The Morgan fingerprint density at radius 2 is 1.73 bits per heavy atom. The van der Waals surface area contributed by atoms with E-state index in [9.17, 15) is 24.0 Å². The first-order valence-corrected chi connectivity index (χ1v) is 12.9. The van der Waals surface area contributed by atoms with Crippen LogP contribution in [0.4, 0.5) is 5.69 Å². The van der Waals surface area contributed by atoms with Crippen LogP contribution in [0, 0.1) is 6.92 Å². The Hall–Kier alpha value is -4.47. The lowest BCUT2D eigenvalue weighted by Gasteiger charge is -2.19. The Labute approximate surface area is 232 Å². The summed E-state index contributed by atoms with van der Waals surface area (Å²) in [6.45, 7) is 5.09. The van der Waals surface area contributed by atoms with Crippen LogP contribution in [0.15, 0.2) is 35.9 Å². The second-order valence-corrected chi connectivity index (χ2v) is 9.55. The van der Waals surface area contributed by atoms with Crippen LogP contribution >= 0.6 is 0 Å². The number of fused-ring (bicyclic) bond motifs is 1. The number of benzene rings is 2. The van der Waals surface area contributed by atoms with Gasteiger partial charge in [0.25, 0.3) is 0 Å². The molecular weight excluding hydrogens is 518 g/mol. The predicted molar refractivity (Wildman–Crippen MR) is 146 cm³/mol. The molecular formula is C30H33NO9. The Kier molecular flexibility index (Phi) is 10.2. The van der Waals surface area contributed by atoms with E-state index in [1.54, 1.807) is 38.1 Å². The van der Waals surface area contributed by atoms with Crippen LogP contribution in [0.3, 0.4) is 0 Å². The van der Waals surface area contributed by atoms with E-state index in [2.05, 4.69) is 5.32 Å². The molecule has 40 heavy (non-hydrogen) atoms. The van der Waals surface area contributed by atoms with E-state index in [-0.39, 0.29) is 61.7 Å². The zero-order chi connectivity index (χ0) is 29.4. The van der Waals surface area contributed by atoms with Gasteiger partial charge in [0, 0.05) is 41.6 Å². The average Bonchev–Trinajstić information content (AvgIpc) is 3.30. The van der Waals surface area contributed by atoms with Crippen LogP contribution in [0.1, 0.15) is 83.4 Å². The van der Waals surface area contributed by atoms with Crippen molar-refractivity contribution in [1.29, 1.82) is 0 Å². The molecule has 0 aromatic heterocycles. The SMILES string of the molecule is COc1c(C)c2c(c(OC(=O)CCCC(=O)Nc3ccc(C(C)=O)cc3)c1CC=C(C)CCC(=O)O)C(=O)OC2. The number of hydrogen-bond donors (Lipinski definition) is 2. The first-order chi connectivity index (χ1) is 19.0. The number of methoxy groups -OCH3 is 1. The summed E-state index contributed by atoms with van der Waals surface area (Å²) in [6, 6.07) is 6.50. The summed E-state index contributed by atoms with van der Waals surface area (Å²) in [5, 5.41) is 11.7. The number of esters is 2. The lowest BCUT2D eigenvalue weighted by Crippen LogP contribution is -2.16. The Morgan fingerprint density at radius 1 is 1.02 bits per heavy atom. The molecule has 2 N–H and O–H groups in total. The van der Waals surface area contributed by atoms with E-state index < -0.39 is 17.9 Å². The van der Waals surface area contributed by atoms with Crippen LogP contribution in [-0.4, -0.2) is 41.8 Å². The zero-order valence-corrected chi connectivity index (χ0v) is 23.0. The number of carbonyl (C=O) groups excluding carboxylic acids is 4. The number of carboxylic acids is 1. The third-order valence-electron chi connectivity index (χ3n) is 6.59. The number of Topliss-reactive ketones (excluding diaryl/α,β-unsaturated/α-hetero) is 1. The van der Waals surface area contributed by atoms with Gasteiger partial charge in [0.1, 0.15) is 17.9 Å². The number of rotatable bonds is 13. The van der Waals surface area contributed by atoms with E-state index >= 15 is 0 Å². The molecule has 212 valence electrons. The molecule has 1 aliphatic rings. The highest BCUT2D eigenvalue weighted by Crippen LogP contribution is 2.43. The lowest BCUT2D eigenvalue weighted by atomic mass is 9.94. The van der Waals surface area contributed by atoms with Crippen LogP contribution in [0.5, 0.6) is 11.5 Å². The van der Waals surface area contributed by atoms with Crippen molar-refractivity contribution in [1.82, 2.24) is 0 Å². The van der Waals surface area contributed by atoms with Gasteiger partial charge in [-0.15, -0.1) is 0 Å². The molecule has 2 aromatic carbocycles. The van der Waals surface area contributed by atoms with Gasteiger partial charge in [-0.25, -0.2) is 4.79 Å². The van der Waals surface area contributed by atoms with E-state index in [4.69, 9.17) is 19.3 Å². The normalized spacial score (nSPS) is 12.4. The van der Waals surface area contributed by atoms with E-state index in [0.29, 0.717) is 40.1 Å². The van der Waals surface area contributed by atoms with Gasteiger partial charge in [-0.05, 0) is 69.9 Å². The lowest BCUT2D eigenvalue weighted by molar-refractivity contribution is -0.137. The first kappa shape index (κ1) is 30.1. The monoisotopic (exact) mass is 551 g/mol. The van der Waals surface area contributed by atoms with Crippen molar-refractivity contribution < 1.29 is 43.3 Å². The minimum absolute atomic E-state index is 0.0197. The summed E-state index contributed by atoms with van der Waals surface area (Å²) in [4.78, 5) is 60.1. The van der Waals surface area contributed by atoms with Gasteiger partial charge in [0.15, 0.2) is 11.5 Å². The van der Waals surface area contributed by atoms with Gasteiger partial charge in [-0.1, -0.05) is 11.6 Å². The fourth-order valence-electron chi connectivity index (χ4n) is 4.37. The molecule has 0 radical (unpaired) electrons. The molecule has 10 heteroatoms. The topological polar surface area (TPSA) is 145 Å². The second-order valence-electron chi connectivity index (χ2n) is 9.55. The molecule has 0 atom stereocenters. The summed E-state index contributed by atoms with van der Waals surface area (Å²) >= 11 is 0. The van der Waals surface area contributed by atoms with Gasteiger partial charge in [-0.3, -0.25) is 19.2 Å². The van der Waals surface area contributed by atoms with Crippen molar-refractivity contribution in [3.63, 3.8) is 0 Å². The van der Waals surface area contributed by atoms with Crippen molar-refractivity contribution in [3.8, 4) is 11.5 Å². The molecule has 0 spiro atoms. The standard InChI is InChI=1S/C30H33NO9/c1-17(9-15-25(34)35)8-14-22-28(38-4)18(2)23-16-39-30(37)27(23)29(22)40-26(36)7-5-6-24(33)31-21-12-10-20(11-13-21)19(3)32/h8,10-13H,5-7,9,14-16H2,1-4H3,(H,31,33)(H,34,35). The van der Waals surface area contributed by atoms with Crippen LogP contribution in [-0.2, 0) is 32.1 Å². The number of amides is 1. The van der Waals surface area contributed by atoms with Gasteiger partial charge in [0.2, 0.25) is 5.91 Å². The quantitative estimate of drug-likeness (QED) is 0.153. The molecule has 0 bridgehead atoms. The van der Waals surface area contributed by atoms with E-state index in [1.165, 1.54) is 14.0 Å². The van der Waals surface area contributed by atoms with Crippen LogP contribution < -0.4 is 14.8 Å². The maximum absolute atomic E-state index is 12.9. The fraction of sp³-hybridized carbons (Fsp3) is 0.367. The smallest absolute Gasteiger partial charge is 0.342 e. The van der Waals surface area contributed by atoms with E-state index in [0.717, 1.165) is 5.57 Å². The number of ketones is 1. The minimum atomic E-state index is -0.907. The number of hydrogen-bond acceptors (Lipinski definition) is 8. The van der Waals surface area contributed by atoms with Crippen molar-refractivity contribution in [2.45, 2.75) is 65.9 Å². The summed E-state index contributed by atoms with van der Waals surface area (Å²) in [6.07, 6.45) is 2.56. The highest BCUT2D eigenvalue weighted by atomic mass is 16.6. The Morgan fingerprint density at radius 3 is 2.35 bits per heavy atom. The number of allylic oxidation sites excluding steroid dienone is 2. The van der Waals surface area contributed by atoms with Crippen LogP contribution in [0.2, 0.25) is 0 Å². The van der Waals surface area contributed by atoms with Crippen LogP contribution in [0.25, 0.3) is 0 Å². The molecule has 3 rings (SSSR count). The number of nitrogens with one attached hydrogen (secondary N) is 1. The highest BCUT2D eigenvalue weighted by Gasteiger charge is 2.34. The molecule has 10 nitrogen and oxygen atoms in total. The number of ether oxygens (including phenoxy) is 3. The molecule has 2 aromatic rings. The second kappa shape index (κ2) is 13.5. The van der Waals surface area contributed by atoms with Crippen molar-refractivity contribution in [2.24, 2.45) is 0 Å². The third kappa shape index (κ3) is 7.56. The molecule has 0 saturated carbocycles. The highest BCUT2D eigenvalue weighted by molar-refractivity contribution is 5.99. The zero-order valence-electron chi connectivity index (χ0n) is 23.0. The number of cyclic esters (lactones) is 1. The van der Waals surface area contributed by atoms with Gasteiger partial charge < -0.3 is 24.6 Å². The molecule has 0 saturated heterocycles. The van der Waals surface area contributed by atoms with Crippen molar-refractivity contribution in [3.05, 3.63) is 63.7 Å². The molecule has 0 aliphatic carbocycles. The van der Waals surface area contributed by atoms with Crippen molar-refractivity contribution in [2.75, 3.05) is 12.4 Å². The molecule has 1 heterocycles. The minimum Gasteiger partial charge on any atom is -0.496 e. The van der Waals surface area contributed by atoms with Gasteiger partial charge in [-0.2, -0.15) is 0 Å².